The molecule has 0 bridgehead atoms. The Hall–Kier alpha value is -2.08. The lowest BCUT2D eigenvalue weighted by atomic mass is 9.72. The molecule has 3 aromatic rings. The molecule has 6 heteroatoms. The molecule has 0 saturated carbocycles. The Balaban J connectivity index is 2.09. The Kier molecular flexibility index (Phi) is 4.18. The van der Waals surface area contributed by atoms with Crippen LogP contribution in [-0.2, 0) is 18.4 Å². The topological polar surface area (TPSA) is 52.2 Å². The van der Waals surface area contributed by atoms with Crippen molar-refractivity contribution in [3.05, 3.63) is 45.7 Å². The number of nitrogens with zero attached hydrogens (tertiary/aromatic N) is 4. The molecule has 0 atom stereocenters. The minimum atomic E-state index is -0.254. The summed E-state index contributed by atoms with van der Waals surface area (Å²) in [5.74, 6) is 1.58. The van der Waals surface area contributed by atoms with Crippen LogP contribution in [0.2, 0.25) is 0 Å². The molecule has 0 saturated heterocycles. The fourth-order valence-electron chi connectivity index (χ4n) is 3.82. The van der Waals surface area contributed by atoms with E-state index in [-0.39, 0.29) is 11.0 Å². The van der Waals surface area contributed by atoms with Crippen LogP contribution in [0.1, 0.15) is 45.2 Å². The van der Waals surface area contributed by atoms with Crippen molar-refractivity contribution in [2.75, 3.05) is 5.75 Å². The Labute approximate surface area is 157 Å². The standard InChI is InChI=1S/C20H24N4OS/c1-5-11-26-19-22-23(6-2)18-21-16-14-10-8-7-9-13(14)12-20(3,4)15(16)17(25)24(18)19/h7-10H,5-6,11-12H2,1-4H3. The van der Waals surface area contributed by atoms with E-state index in [1.807, 2.05) is 17.7 Å². The molecule has 2 aromatic heterocycles. The molecule has 136 valence electrons. The van der Waals surface area contributed by atoms with Crippen molar-refractivity contribution in [1.82, 2.24) is 19.2 Å². The Morgan fingerprint density at radius 2 is 2.00 bits per heavy atom. The second-order valence-corrected chi connectivity index (χ2v) is 8.50. The zero-order chi connectivity index (χ0) is 18.5. The number of aryl methyl sites for hydroxylation is 1. The molecule has 0 N–H and O–H groups in total. The van der Waals surface area contributed by atoms with Gasteiger partial charge in [-0.1, -0.05) is 56.8 Å². The summed E-state index contributed by atoms with van der Waals surface area (Å²) >= 11 is 1.63. The molecule has 0 amide bonds. The van der Waals surface area contributed by atoms with E-state index in [4.69, 9.17) is 4.98 Å². The summed E-state index contributed by atoms with van der Waals surface area (Å²) in [5.41, 5.74) is 3.74. The first-order valence-corrected chi connectivity index (χ1v) is 10.2. The largest absolute Gasteiger partial charge is 0.268 e. The fraction of sp³-hybridized carbons (Fsp3) is 0.450. The van der Waals surface area contributed by atoms with Crippen LogP contribution < -0.4 is 5.56 Å². The lowest BCUT2D eigenvalue weighted by molar-refractivity contribution is 0.505. The lowest BCUT2D eigenvalue weighted by Crippen LogP contribution is -2.36. The third-order valence-electron chi connectivity index (χ3n) is 5.01. The van der Waals surface area contributed by atoms with Gasteiger partial charge in [0, 0.05) is 23.3 Å². The Morgan fingerprint density at radius 3 is 2.73 bits per heavy atom. The van der Waals surface area contributed by atoms with Crippen LogP contribution in [0.25, 0.3) is 17.0 Å². The molecule has 1 aliphatic carbocycles. The fourth-order valence-corrected chi connectivity index (χ4v) is 4.66. The van der Waals surface area contributed by atoms with Crippen molar-refractivity contribution in [1.29, 1.82) is 0 Å². The minimum Gasteiger partial charge on any atom is -0.268 e. The van der Waals surface area contributed by atoms with Crippen molar-refractivity contribution < 1.29 is 0 Å². The number of hydrogen-bond acceptors (Lipinski definition) is 4. The Morgan fingerprint density at radius 1 is 1.23 bits per heavy atom. The number of thioether (sulfide) groups is 1. The van der Waals surface area contributed by atoms with E-state index in [9.17, 15) is 4.79 Å². The smallest absolute Gasteiger partial charge is 0.265 e. The summed E-state index contributed by atoms with van der Waals surface area (Å²) in [5, 5.41) is 5.41. The predicted octanol–water partition coefficient (Wildman–Crippen LogP) is 3.91. The molecular weight excluding hydrogens is 344 g/mol. The first-order chi connectivity index (χ1) is 12.5. The molecule has 0 fully saturated rings. The molecule has 0 unspecified atom stereocenters. The number of benzene rings is 1. The summed E-state index contributed by atoms with van der Waals surface area (Å²) in [6.07, 6.45) is 1.88. The van der Waals surface area contributed by atoms with Crippen molar-refractivity contribution in [3.63, 3.8) is 0 Å². The Bertz CT molecular complexity index is 1050. The molecule has 0 aliphatic heterocycles. The predicted molar refractivity (Wildman–Crippen MR) is 106 cm³/mol. The van der Waals surface area contributed by atoms with Crippen molar-refractivity contribution in [2.45, 2.75) is 57.7 Å². The van der Waals surface area contributed by atoms with Gasteiger partial charge in [0.2, 0.25) is 5.78 Å². The zero-order valence-corrected chi connectivity index (χ0v) is 16.6. The van der Waals surface area contributed by atoms with Crippen LogP contribution in [0.3, 0.4) is 0 Å². The summed E-state index contributed by atoms with van der Waals surface area (Å²) in [4.78, 5) is 18.5. The van der Waals surface area contributed by atoms with Crippen LogP contribution >= 0.6 is 11.8 Å². The van der Waals surface area contributed by atoms with Crippen LogP contribution in [-0.4, -0.2) is 24.9 Å². The van der Waals surface area contributed by atoms with E-state index < -0.39 is 0 Å². The highest BCUT2D eigenvalue weighted by atomic mass is 32.2. The molecule has 4 rings (SSSR count). The van der Waals surface area contributed by atoms with Gasteiger partial charge in [-0.15, -0.1) is 5.10 Å². The van der Waals surface area contributed by atoms with Crippen LogP contribution in [0.5, 0.6) is 0 Å². The molecule has 0 spiro atoms. The van der Waals surface area contributed by atoms with E-state index in [0.29, 0.717) is 12.3 Å². The number of rotatable bonds is 4. The minimum absolute atomic E-state index is 0.0304. The highest BCUT2D eigenvalue weighted by Gasteiger charge is 2.36. The highest BCUT2D eigenvalue weighted by Crippen LogP contribution is 2.40. The van der Waals surface area contributed by atoms with Gasteiger partial charge in [0.25, 0.3) is 5.56 Å². The van der Waals surface area contributed by atoms with Gasteiger partial charge in [-0.3, -0.25) is 4.79 Å². The quantitative estimate of drug-likeness (QED) is 0.655. The van der Waals surface area contributed by atoms with Gasteiger partial charge in [0.05, 0.1) is 11.3 Å². The highest BCUT2D eigenvalue weighted by molar-refractivity contribution is 7.99. The third kappa shape index (κ3) is 2.50. The van der Waals surface area contributed by atoms with Crippen LogP contribution in [0.4, 0.5) is 0 Å². The summed E-state index contributed by atoms with van der Waals surface area (Å²) < 4.78 is 3.56. The van der Waals surface area contributed by atoms with Crippen LogP contribution in [0.15, 0.2) is 34.2 Å². The maximum absolute atomic E-state index is 13.6. The maximum Gasteiger partial charge on any atom is 0.265 e. The number of hydrogen-bond donors (Lipinski definition) is 0. The maximum atomic E-state index is 13.6. The van der Waals surface area contributed by atoms with Crippen molar-refractivity contribution in [3.8, 4) is 11.3 Å². The first-order valence-electron chi connectivity index (χ1n) is 9.23. The molecule has 5 nitrogen and oxygen atoms in total. The van der Waals surface area contributed by atoms with Gasteiger partial charge >= 0.3 is 0 Å². The van der Waals surface area contributed by atoms with Crippen molar-refractivity contribution in [2.24, 2.45) is 0 Å². The average molecular weight is 369 g/mol. The average Bonchev–Trinajstić information content (AvgIpc) is 2.97. The van der Waals surface area contributed by atoms with E-state index in [1.165, 1.54) is 5.56 Å². The first kappa shape index (κ1) is 17.3. The van der Waals surface area contributed by atoms with Crippen LogP contribution in [0, 0.1) is 0 Å². The summed E-state index contributed by atoms with van der Waals surface area (Å²) in [7, 11) is 0. The van der Waals surface area contributed by atoms with Gasteiger partial charge in [-0.2, -0.15) is 0 Å². The van der Waals surface area contributed by atoms with E-state index in [0.717, 1.165) is 40.6 Å². The lowest BCUT2D eigenvalue weighted by Gasteiger charge is -2.32. The van der Waals surface area contributed by atoms with Gasteiger partial charge in [0.15, 0.2) is 5.16 Å². The van der Waals surface area contributed by atoms with E-state index >= 15 is 0 Å². The van der Waals surface area contributed by atoms with E-state index in [2.05, 4.69) is 44.1 Å². The van der Waals surface area contributed by atoms with Gasteiger partial charge in [-0.05, 0) is 25.3 Å². The normalized spacial score (nSPS) is 15.1. The molecular formula is C20H24N4OS. The van der Waals surface area contributed by atoms with Gasteiger partial charge < -0.3 is 0 Å². The molecule has 0 radical (unpaired) electrons. The van der Waals surface area contributed by atoms with Gasteiger partial charge in [0.1, 0.15) is 0 Å². The molecule has 26 heavy (non-hydrogen) atoms. The SMILES string of the molecule is CCCSc1nn(CC)c2nc3c(c(=O)n12)C(C)(C)Cc1ccccc1-3. The summed E-state index contributed by atoms with van der Waals surface area (Å²) in [6, 6.07) is 8.29. The number of fused-ring (bicyclic) bond motifs is 4. The second kappa shape index (κ2) is 6.27. The second-order valence-electron chi connectivity index (χ2n) is 7.44. The molecule has 1 aliphatic rings. The van der Waals surface area contributed by atoms with Crippen molar-refractivity contribution >= 4 is 17.5 Å². The van der Waals surface area contributed by atoms with E-state index in [1.54, 1.807) is 16.2 Å². The number of aromatic nitrogens is 4. The molecule has 1 aromatic carbocycles. The third-order valence-corrected chi connectivity index (χ3v) is 6.15. The summed E-state index contributed by atoms with van der Waals surface area (Å²) in [6.45, 7) is 9.13. The zero-order valence-electron chi connectivity index (χ0n) is 15.7. The molecule has 2 heterocycles. The monoisotopic (exact) mass is 368 g/mol. The van der Waals surface area contributed by atoms with Gasteiger partial charge in [-0.25, -0.2) is 14.1 Å².